The predicted molar refractivity (Wildman–Crippen MR) is 244 cm³/mol. The molecule has 9 aromatic carbocycles. The van der Waals surface area contributed by atoms with Gasteiger partial charge in [0.05, 0.1) is 22.4 Å². The molecule has 278 valence electrons. The summed E-state index contributed by atoms with van der Waals surface area (Å²) in [6, 6.07) is 67.2. The van der Waals surface area contributed by atoms with E-state index in [1.807, 2.05) is 36.4 Å². The zero-order chi connectivity index (χ0) is 39.2. The average molecular weight is 756 g/mol. The molecule has 12 rings (SSSR count). The molecule has 1 aliphatic rings. The third-order valence-corrected chi connectivity index (χ3v) is 12.3. The van der Waals surface area contributed by atoms with Gasteiger partial charge in [0.1, 0.15) is 0 Å². The number of anilines is 3. The first kappa shape index (κ1) is 33.5. The van der Waals surface area contributed by atoms with E-state index in [9.17, 15) is 0 Å². The first-order chi connectivity index (χ1) is 29.0. The maximum Gasteiger partial charge on any atom is 0.238 e. The van der Waals surface area contributed by atoms with Crippen molar-refractivity contribution < 1.29 is 0 Å². The van der Waals surface area contributed by atoms with Crippen LogP contribution in [0.1, 0.15) is 25.0 Å². The number of nitrogens with zero attached hydrogens (tertiary/aromatic N) is 5. The van der Waals surface area contributed by atoms with E-state index in [1.165, 1.54) is 54.3 Å². The number of benzene rings is 9. The Hall–Kier alpha value is -7.63. The van der Waals surface area contributed by atoms with Crippen LogP contribution in [-0.4, -0.2) is 19.5 Å². The van der Waals surface area contributed by atoms with Crippen molar-refractivity contribution in [2.45, 2.75) is 19.3 Å². The lowest BCUT2D eigenvalue weighted by atomic mass is 9.72. The zero-order valence-corrected chi connectivity index (χ0v) is 32.6. The summed E-state index contributed by atoms with van der Waals surface area (Å²) < 4.78 is 2.47. The minimum absolute atomic E-state index is 0.384. The lowest BCUT2D eigenvalue weighted by Gasteiger charge is -2.41. The highest BCUT2D eigenvalue weighted by atomic mass is 15.3. The Morgan fingerprint density at radius 2 is 0.915 bits per heavy atom. The number of hydrogen-bond acceptors (Lipinski definition) is 4. The molecule has 0 amide bonds. The van der Waals surface area contributed by atoms with Crippen LogP contribution in [0.2, 0.25) is 0 Å². The molecule has 0 saturated heterocycles. The Morgan fingerprint density at radius 1 is 0.424 bits per heavy atom. The minimum atomic E-state index is -0.384. The second-order valence-corrected chi connectivity index (χ2v) is 16.1. The van der Waals surface area contributed by atoms with Crippen LogP contribution in [0.5, 0.6) is 0 Å². The van der Waals surface area contributed by atoms with Gasteiger partial charge in [0, 0.05) is 38.4 Å². The maximum absolute atomic E-state index is 5.36. The summed E-state index contributed by atoms with van der Waals surface area (Å²) in [5, 5.41) is 9.80. The van der Waals surface area contributed by atoms with Crippen LogP contribution in [0, 0.1) is 0 Å². The van der Waals surface area contributed by atoms with Gasteiger partial charge in [-0.2, -0.15) is 9.97 Å². The Bertz CT molecular complexity index is 3400. The second kappa shape index (κ2) is 12.7. The lowest BCUT2D eigenvalue weighted by Crippen LogP contribution is -2.31. The van der Waals surface area contributed by atoms with Gasteiger partial charge < -0.3 is 4.57 Å². The minimum Gasteiger partial charge on any atom is -0.309 e. The fourth-order valence-electron chi connectivity index (χ4n) is 9.54. The normalized spacial score (nSPS) is 13.4. The van der Waals surface area contributed by atoms with Gasteiger partial charge in [-0.1, -0.05) is 166 Å². The van der Waals surface area contributed by atoms with Gasteiger partial charge in [0.2, 0.25) is 5.95 Å². The third kappa shape index (κ3) is 5.01. The summed E-state index contributed by atoms with van der Waals surface area (Å²) in [5.41, 5.74) is 9.44. The Labute approximate surface area is 341 Å². The average Bonchev–Trinajstić information content (AvgIpc) is 3.64. The van der Waals surface area contributed by atoms with Crippen LogP contribution in [0.4, 0.5) is 17.3 Å². The zero-order valence-electron chi connectivity index (χ0n) is 32.6. The predicted octanol–water partition coefficient (Wildman–Crippen LogP) is 13.9. The molecule has 1 aliphatic heterocycles. The van der Waals surface area contributed by atoms with Gasteiger partial charge in [-0.25, -0.2) is 4.98 Å². The summed E-state index contributed by atoms with van der Waals surface area (Å²) in [6.45, 7) is 4.73. The Morgan fingerprint density at radius 3 is 1.56 bits per heavy atom. The van der Waals surface area contributed by atoms with E-state index >= 15 is 0 Å². The summed E-state index contributed by atoms with van der Waals surface area (Å²) in [7, 11) is 0. The standard InChI is InChI=1S/C54H37N5/c1-54(2)44-30-36-22-12-13-23-37(36)31-47(44)59(53-56-51(34-18-6-3-7-19-34)55-52(57-53)35-20-8-4-9-21-35)48-33-46-43(32-45(48)54)49-41-28-16-14-26-39(41)40-27-15-17-29-42(40)50(49)58(46)38-24-10-5-11-25-38/h3-33H,1-2H3. The third-order valence-electron chi connectivity index (χ3n) is 12.3. The highest BCUT2D eigenvalue weighted by molar-refractivity contribution is 6.32. The van der Waals surface area contributed by atoms with E-state index < -0.39 is 0 Å². The van der Waals surface area contributed by atoms with E-state index in [0.717, 1.165) is 39.1 Å². The van der Waals surface area contributed by atoms with E-state index in [0.29, 0.717) is 17.6 Å². The van der Waals surface area contributed by atoms with Gasteiger partial charge in [-0.15, -0.1) is 0 Å². The number of hydrogen-bond donors (Lipinski definition) is 0. The van der Waals surface area contributed by atoms with Crippen molar-refractivity contribution in [3.05, 3.63) is 199 Å². The van der Waals surface area contributed by atoms with E-state index in [-0.39, 0.29) is 5.41 Å². The number of para-hydroxylation sites is 1. The highest BCUT2D eigenvalue weighted by Crippen LogP contribution is 2.55. The molecular weight excluding hydrogens is 719 g/mol. The second-order valence-electron chi connectivity index (χ2n) is 16.1. The molecular formula is C54H37N5. The molecule has 0 radical (unpaired) electrons. The number of aromatic nitrogens is 4. The molecule has 0 spiro atoms. The van der Waals surface area contributed by atoms with Crippen molar-refractivity contribution in [2.24, 2.45) is 0 Å². The molecule has 5 nitrogen and oxygen atoms in total. The van der Waals surface area contributed by atoms with Crippen molar-refractivity contribution in [2.75, 3.05) is 4.90 Å². The van der Waals surface area contributed by atoms with Crippen molar-refractivity contribution >= 4 is 71.4 Å². The van der Waals surface area contributed by atoms with Gasteiger partial charge in [-0.3, -0.25) is 4.90 Å². The Balaban J connectivity index is 1.25. The highest BCUT2D eigenvalue weighted by Gasteiger charge is 2.40. The number of fused-ring (bicyclic) bond motifs is 11. The molecule has 0 N–H and O–H groups in total. The molecule has 0 unspecified atom stereocenters. The first-order valence-corrected chi connectivity index (χ1v) is 20.2. The molecule has 0 bridgehead atoms. The van der Waals surface area contributed by atoms with E-state index in [1.54, 1.807) is 0 Å². The number of rotatable bonds is 4. The van der Waals surface area contributed by atoms with Crippen LogP contribution < -0.4 is 4.90 Å². The smallest absolute Gasteiger partial charge is 0.238 e. The molecule has 0 aliphatic carbocycles. The fraction of sp³-hybridized carbons (Fsp3) is 0.0556. The van der Waals surface area contributed by atoms with Gasteiger partial charge >= 0.3 is 0 Å². The molecule has 0 atom stereocenters. The van der Waals surface area contributed by atoms with Crippen LogP contribution in [-0.2, 0) is 5.41 Å². The van der Waals surface area contributed by atoms with Gasteiger partial charge in [0.25, 0.3) is 0 Å². The monoisotopic (exact) mass is 755 g/mol. The van der Waals surface area contributed by atoms with Crippen LogP contribution >= 0.6 is 0 Å². The van der Waals surface area contributed by atoms with Gasteiger partial charge in [0.15, 0.2) is 11.6 Å². The molecule has 11 aromatic rings. The molecule has 59 heavy (non-hydrogen) atoms. The summed E-state index contributed by atoms with van der Waals surface area (Å²) in [4.78, 5) is 18.1. The quantitative estimate of drug-likeness (QED) is 0.168. The molecule has 0 fully saturated rings. The van der Waals surface area contributed by atoms with Crippen LogP contribution in [0.15, 0.2) is 188 Å². The summed E-state index contributed by atoms with van der Waals surface area (Å²) >= 11 is 0. The Kier molecular flexibility index (Phi) is 7.20. The maximum atomic E-state index is 5.36. The lowest BCUT2D eigenvalue weighted by molar-refractivity contribution is 0.632. The SMILES string of the molecule is CC1(C)c2cc3ccccc3cc2N(c2nc(-c3ccccc3)nc(-c3ccccc3)n2)c2cc3c(cc21)c1c2ccccc2c2ccccc2c1n3-c1ccccc1. The fourth-order valence-corrected chi connectivity index (χ4v) is 9.54. The van der Waals surface area contributed by atoms with E-state index in [2.05, 4.69) is 175 Å². The topological polar surface area (TPSA) is 46.8 Å². The van der Waals surface area contributed by atoms with Crippen molar-refractivity contribution in [3.63, 3.8) is 0 Å². The molecule has 5 heteroatoms. The van der Waals surface area contributed by atoms with Crippen molar-refractivity contribution in [1.82, 2.24) is 19.5 Å². The van der Waals surface area contributed by atoms with E-state index in [4.69, 9.17) is 15.0 Å². The summed E-state index contributed by atoms with van der Waals surface area (Å²) in [6.07, 6.45) is 0. The van der Waals surface area contributed by atoms with Crippen LogP contribution in [0.25, 0.3) is 82.6 Å². The van der Waals surface area contributed by atoms with Crippen molar-refractivity contribution in [3.8, 4) is 28.5 Å². The van der Waals surface area contributed by atoms with Crippen LogP contribution in [0.3, 0.4) is 0 Å². The summed E-state index contributed by atoms with van der Waals surface area (Å²) in [5.74, 6) is 1.82. The molecule has 3 heterocycles. The molecule has 0 saturated carbocycles. The van der Waals surface area contributed by atoms with Crippen molar-refractivity contribution in [1.29, 1.82) is 0 Å². The molecule has 2 aromatic heterocycles. The first-order valence-electron chi connectivity index (χ1n) is 20.2. The largest absolute Gasteiger partial charge is 0.309 e. The van der Waals surface area contributed by atoms with Gasteiger partial charge in [-0.05, 0) is 74.5 Å².